The van der Waals surface area contributed by atoms with Gasteiger partial charge in [-0.1, -0.05) is 29.8 Å². The summed E-state index contributed by atoms with van der Waals surface area (Å²) in [6.45, 7) is 7.20. The van der Waals surface area contributed by atoms with Gasteiger partial charge in [0, 0.05) is 47.9 Å². The lowest BCUT2D eigenvalue weighted by atomic mass is 10.0. The van der Waals surface area contributed by atoms with Crippen LogP contribution in [0.2, 0.25) is 10.0 Å². The molecular formula is C33H32Cl2N4O6. The lowest BCUT2D eigenvalue weighted by Gasteiger charge is -2.31. The minimum Gasteiger partial charge on any atom is -0.496 e. The van der Waals surface area contributed by atoms with Crippen molar-refractivity contribution in [3.63, 3.8) is 0 Å². The van der Waals surface area contributed by atoms with Crippen molar-refractivity contribution in [3.8, 4) is 39.6 Å². The third-order valence-corrected chi connectivity index (χ3v) is 9.13. The Morgan fingerprint density at radius 2 is 1.78 bits per heavy atom. The molecule has 0 spiro atoms. The molecule has 2 aromatic heterocycles. The highest BCUT2D eigenvalue weighted by Gasteiger charge is 2.40. The fraction of sp³-hybridized carbons (Fsp3) is 0.303. The zero-order valence-corrected chi connectivity index (χ0v) is 26.8. The number of methoxy groups -OCH3 is 3. The number of carbonyl (C=O) groups excluding carboxylic acids is 1. The average Bonchev–Trinajstić information content (AvgIpc) is 3.69. The Morgan fingerprint density at radius 3 is 2.36 bits per heavy atom. The Morgan fingerprint density at radius 1 is 1.07 bits per heavy atom. The van der Waals surface area contributed by atoms with Crippen molar-refractivity contribution in [2.24, 2.45) is 0 Å². The fourth-order valence-electron chi connectivity index (χ4n) is 6.19. The van der Waals surface area contributed by atoms with Crippen LogP contribution in [0, 0.1) is 0 Å². The van der Waals surface area contributed by atoms with Crippen LogP contribution in [0.1, 0.15) is 13.3 Å². The van der Waals surface area contributed by atoms with E-state index in [0.717, 1.165) is 18.7 Å². The Bertz CT molecular complexity index is 1880. The van der Waals surface area contributed by atoms with E-state index in [0.29, 0.717) is 63.8 Å². The summed E-state index contributed by atoms with van der Waals surface area (Å²) >= 11 is 13.4. The van der Waals surface area contributed by atoms with Gasteiger partial charge in [-0.15, -0.1) is 0 Å². The molecule has 2 aromatic carbocycles. The number of hydrogen-bond acceptors (Lipinski definition) is 8. The predicted octanol–water partition coefficient (Wildman–Crippen LogP) is 6.19. The summed E-state index contributed by atoms with van der Waals surface area (Å²) < 4.78 is 24.1. The topological polar surface area (TPSA) is 104 Å². The fourth-order valence-corrected chi connectivity index (χ4v) is 6.89. The van der Waals surface area contributed by atoms with Crippen LogP contribution in [0.25, 0.3) is 33.3 Å². The summed E-state index contributed by atoms with van der Waals surface area (Å²) in [4.78, 5) is 33.5. The van der Waals surface area contributed by atoms with Crippen molar-refractivity contribution < 1.29 is 23.7 Å². The van der Waals surface area contributed by atoms with E-state index in [9.17, 15) is 9.59 Å². The molecule has 1 N–H and O–H groups in total. The highest BCUT2D eigenvalue weighted by molar-refractivity contribution is 6.41. The molecule has 2 bridgehead atoms. The molecule has 4 heterocycles. The van der Waals surface area contributed by atoms with Crippen molar-refractivity contribution in [3.05, 3.63) is 69.6 Å². The smallest absolute Gasteiger partial charge is 0.259 e. The maximum atomic E-state index is 14.0. The van der Waals surface area contributed by atoms with Crippen LogP contribution < -0.4 is 30.0 Å². The number of amides is 1. The van der Waals surface area contributed by atoms with E-state index in [1.807, 2.05) is 25.1 Å². The summed E-state index contributed by atoms with van der Waals surface area (Å²) in [7, 11) is 4.55. The van der Waals surface area contributed by atoms with Crippen molar-refractivity contribution in [1.82, 2.24) is 9.55 Å². The number of aryl methyl sites for hydroxylation is 1. The third-order valence-electron chi connectivity index (χ3n) is 8.38. The number of benzene rings is 2. The lowest BCUT2D eigenvalue weighted by Crippen LogP contribution is -2.37. The van der Waals surface area contributed by atoms with Crippen LogP contribution in [-0.2, 0) is 16.1 Å². The number of halogens is 2. The Labute approximate surface area is 270 Å². The number of hydrogen-bond donors (Lipinski definition) is 1. The highest BCUT2D eigenvalue weighted by atomic mass is 35.5. The van der Waals surface area contributed by atoms with Gasteiger partial charge in [0.05, 0.1) is 78.3 Å². The number of nitrogens with one attached hydrogen (secondary N) is 1. The largest absolute Gasteiger partial charge is 0.496 e. The van der Waals surface area contributed by atoms with Gasteiger partial charge in [0.2, 0.25) is 5.91 Å². The third kappa shape index (κ3) is 5.26. The van der Waals surface area contributed by atoms with E-state index in [1.54, 1.807) is 30.0 Å². The molecule has 0 aliphatic carbocycles. The number of morpholine rings is 1. The van der Waals surface area contributed by atoms with Crippen LogP contribution in [-0.4, -0.2) is 62.1 Å². The molecular weight excluding hydrogens is 619 g/mol. The number of rotatable bonds is 9. The predicted molar refractivity (Wildman–Crippen MR) is 177 cm³/mol. The first-order valence-electron chi connectivity index (χ1n) is 14.4. The second kappa shape index (κ2) is 12.3. The van der Waals surface area contributed by atoms with E-state index in [-0.39, 0.29) is 39.2 Å². The van der Waals surface area contributed by atoms with Gasteiger partial charge in [-0.3, -0.25) is 14.6 Å². The maximum absolute atomic E-state index is 14.0. The van der Waals surface area contributed by atoms with Gasteiger partial charge in [-0.2, -0.15) is 0 Å². The summed E-state index contributed by atoms with van der Waals surface area (Å²) in [6, 6.07) is 9.10. The van der Waals surface area contributed by atoms with E-state index in [1.165, 1.54) is 20.3 Å². The molecule has 0 radical (unpaired) electrons. The van der Waals surface area contributed by atoms with Gasteiger partial charge in [0.15, 0.2) is 0 Å². The SMILES string of the molecule is C=CC(=O)Nc1cc(-c2cc3c(cn2)cc(-c2c(Cl)c(OC)cc(OC)c2Cl)c(=O)n3CC)c(OC)cc1N1C[C@H]2C[C@@H]1CO2. The Kier molecular flexibility index (Phi) is 8.39. The number of fused-ring (bicyclic) bond motifs is 3. The van der Waals surface area contributed by atoms with E-state index < -0.39 is 0 Å². The molecule has 2 aliphatic rings. The number of nitrogens with zero attached hydrogens (tertiary/aromatic N) is 3. The van der Waals surface area contributed by atoms with Crippen LogP contribution in [0.15, 0.2) is 54.0 Å². The minimum atomic E-state index is -0.335. The zero-order chi connectivity index (χ0) is 32.0. The molecule has 12 heteroatoms. The second-order valence-corrected chi connectivity index (χ2v) is 11.5. The first-order valence-corrected chi connectivity index (χ1v) is 15.2. The molecule has 2 atom stereocenters. The number of pyridine rings is 2. The number of ether oxygens (including phenoxy) is 4. The molecule has 2 aliphatic heterocycles. The quantitative estimate of drug-likeness (QED) is 0.214. The van der Waals surface area contributed by atoms with E-state index >= 15 is 0 Å². The number of carbonyl (C=O) groups is 1. The van der Waals surface area contributed by atoms with Crippen LogP contribution in [0.4, 0.5) is 11.4 Å². The van der Waals surface area contributed by atoms with Crippen molar-refractivity contribution in [2.75, 3.05) is 44.7 Å². The Balaban J connectivity index is 1.52. The molecule has 2 fully saturated rings. The second-order valence-electron chi connectivity index (χ2n) is 10.8. The first-order chi connectivity index (χ1) is 21.7. The average molecular weight is 652 g/mol. The molecule has 45 heavy (non-hydrogen) atoms. The van der Waals surface area contributed by atoms with Crippen molar-refractivity contribution >= 4 is 51.4 Å². The van der Waals surface area contributed by atoms with Gasteiger partial charge in [0.1, 0.15) is 17.2 Å². The molecule has 6 rings (SSSR count). The molecule has 4 aromatic rings. The van der Waals surface area contributed by atoms with Crippen molar-refractivity contribution in [1.29, 1.82) is 0 Å². The molecule has 1 amide bonds. The summed E-state index contributed by atoms with van der Waals surface area (Å²) in [6.07, 6.45) is 4.00. The standard InChI is InChI=1S/C33H32Cl2N4O6/c1-6-29(40)37-23-10-20(26(42-3)12-25(23)39-15-19-9-18(39)16-45-19)22-11-24-17(14-36-22)8-21(33(41)38(24)7-2)30-31(34)27(43-4)13-28(44-5)32(30)35/h6,8,10-14,18-19H,1,7,9,15-16H2,2-5H3,(H,37,40)/t18-,19-/m1/s1. The van der Waals surface area contributed by atoms with Gasteiger partial charge in [-0.25, -0.2) is 0 Å². The monoisotopic (exact) mass is 650 g/mol. The Hall–Kier alpha value is -4.25. The zero-order valence-electron chi connectivity index (χ0n) is 25.3. The van der Waals surface area contributed by atoms with Gasteiger partial charge in [0.25, 0.3) is 5.56 Å². The molecule has 234 valence electrons. The first kappa shape index (κ1) is 30.8. The molecule has 10 nitrogen and oxygen atoms in total. The lowest BCUT2D eigenvalue weighted by molar-refractivity contribution is -0.111. The maximum Gasteiger partial charge on any atom is 0.259 e. The number of anilines is 2. The van der Waals surface area contributed by atoms with Crippen LogP contribution in [0.5, 0.6) is 17.2 Å². The molecule has 0 saturated carbocycles. The van der Waals surface area contributed by atoms with E-state index in [2.05, 4.69) is 16.8 Å². The van der Waals surface area contributed by atoms with Crippen LogP contribution >= 0.6 is 23.2 Å². The summed E-state index contributed by atoms with van der Waals surface area (Å²) in [5, 5.41) is 4.04. The van der Waals surface area contributed by atoms with Gasteiger partial charge < -0.3 is 33.7 Å². The van der Waals surface area contributed by atoms with Gasteiger partial charge in [-0.05, 0) is 37.6 Å². The highest BCUT2D eigenvalue weighted by Crippen LogP contribution is 2.46. The molecule has 2 saturated heterocycles. The normalized spacial score (nSPS) is 17.1. The summed E-state index contributed by atoms with van der Waals surface area (Å²) in [5.41, 5.74) is 3.58. The minimum absolute atomic E-state index is 0.157. The number of aromatic nitrogens is 2. The summed E-state index contributed by atoms with van der Waals surface area (Å²) in [5.74, 6) is 0.890. The van der Waals surface area contributed by atoms with Crippen molar-refractivity contribution in [2.45, 2.75) is 32.0 Å². The van der Waals surface area contributed by atoms with Gasteiger partial charge >= 0.3 is 0 Å². The van der Waals surface area contributed by atoms with E-state index in [4.69, 9.17) is 47.1 Å². The molecule has 0 unspecified atom stereocenters. The van der Waals surface area contributed by atoms with Crippen LogP contribution in [0.3, 0.4) is 0 Å².